The fraction of sp³-hybridized carbons (Fsp3) is 0.200. The van der Waals surface area contributed by atoms with Crippen molar-refractivity contribution in [3.8, 4) is 0 Å². The van der Waals surface area contributed by atoms with E-state index >= 15 is 0 Å². The number of hydrogen-bond donors (Lipinski definition) is 1. The monoisotopic (exact) mass is 321 g/mol. The third kappa shape index (κ3) is 3.44. The molecule has 2 aromatic carbocycles. The van der Waals surface area contributed by atoms with Crippen molar-refractivity contribution in [2.24, 2.45) is 0 Å². The first-order chi connectivity index (χ1) is 11.7. The average Bonchev–Trinajstić information content (AvgIpc) is 2.61. The van der Waals surface area contributed by atoms with Crippen molar-refractivity contribution in [3.05, 3.63) is 82.2 Å². The van der Waals surface area contributed by atoms with Gasteiger partial charge in [-0.05, 0) is 24.2 Å². The van der Waals surface area contributed by atoms with Crippen LogP contribution in [0.3, 0.4) is 0 Å². The second-order valence-electron chi connectivity index (χ2n) is 5.63. The molecule has 4 nitrogen and oxygen atoms in total. The Morgan fingerprint density at radius 3 is 2.54 bits per heavy atom. The van der Waals surface area contributed by atoms with Crippen LogP contribution < -0.4 is 10.9 Å². The second-order valence-corrected chi connectivity index (χ2v) is 5.63. The lowest BCUT2D eigenvalue weighted by atomic mass is 9.98. The Bertz CT molecular complexity index is 899. The van der Waals surface area contributed by atoms with Gasteiger partial charge in [0, 0.05) is 17.8 Å². The highest BCUT2D eigenvalue weighted by molar-refractivity contribution is 5.98. The molecule has 1 aromatic heterocycles. The SMILES string of the molecule is CCN[C@H](CC(=O)c1cc2ccccc2oc1=O)c1ccccc1. The quantitative estimate of drug-likeness (QED) is 0.555. The van der Waals surface area contributed by atoms with E-state index in [1.165, 1.54) is 0 Å². The fourth-order valence-corrected chi connectivity index (χ4v) is 2.79. The number of fused-ring (bicyclic) bond motifs is 1. The minimum Gasteiger partial charge on any atom is -0.422 e. The third-order valence-electron chi connectivity index (χ3n) is 3.98. The molecule has 4 heteroatoms. The highest BCUT2D eigenvalue weighted by atomic mass is 16.4. The van der Waals surface area contributed by atoms with Crippen LogP contribution in [0.25, 0.3) is 11.0 Å². The molecule has 0 radical (unpaired) electrons. The molecule has 0 aliphatic rings. The third-order valence-corrected chi connectivity index (χ3v) is 3.98. The van der Waals surface area contributed by atoms with Gasteiger partial charge in [0.1, 0.15) is 11.1 Å². The molecule has 0 bridgehead atoms. The van der Waals surface area contributed by atoms with E-state index in [0.717, 1.165) is 17.5 Å². The number of ketones is 1. The Kier molecular flexibility index (Phi) is 4.87. The van der Waals surface area contributed by atoms with E-state index in [1.54, 1.807) is 18.2 Å². The predicted octanol–water partition coefficient (Wildman–Crippen LogP) is 3.72. The van der Waals surface area contributed by atoms with Gasteiger partial charge in [0.15, 0.2) is 5.78 Å². The van der Waals surface area contributed by atoms with Crippen molar-refractivity contribution < 1.29 is 9.21 Å². The topological polar surface area (TPSA) is 59.3 Å². The number of hydrogen-bond acceptors (Lipinski definition) is 4. The Morgan fingerprint density at radius 2 is 1.79 bits per heavy atom. The van der Waals surface area contributed by atoms with E-state index in [4.69, 9.17) is 4.42 Å². The van der Waals surface area contributed by atoms with Crippen LogP contribution in [-0.4, -0.2) is 12.3 Å². The van der Waals surface area contributed by atoms with E-state index in [1.807, 2.05) is 49.4 Å². The van der Waals surface area contributed by atoms with Crippen LogP contribution in [0.2, 0.25) is 0 Å². The molecule has 0 spiro atoms. The summed E-state index contributed by atoms with van der Waals surface area (Å²) in [6.45, 7) is 2.73. The maximum absolute atomic E-state index is 12.7. The number of nitrogens with one attached hydrogen (secondary N) is 1. The summed E-state index contributed by atoms with van der Waals surface area (Å²) >= 11 is 0. The van der Waals surface area contributed by atoms with Crippen LogP contribution in [0, 0.1) is 0 Å². The van der Waals surface area contributed by atoms with E-state index in [9.17, 15) is 9.59 Å². The summed E-state index contributed by atoms with van der Waals surface area (Å²) in [6, 6.07) is 18.4. The molecule has 3 rings (SSSR count). The van der Waals surface area contributed by atoms with Crippen LogP contribution in [0.1, 0.15) is 35.3 Å². The summed E-state index contributed by atoms with van der Waals surface area (Å²) in [6.07, 6.45) is 0.209. The van der Waals surface area contributed by atoms with Crippen molar-refractivity contribution in [3.63, 3.8) is 0 Å². The van der Waals surface area contributed by atoms with Gasteiger partial charge in [-0.2, -0.15) is 0 Å². The van der Waals surface area contributed by atoms with E-state index in [2.05, 4.69) is 5.32 Å². The number of carbonyl (C=O) groups excluding carboxylic acids is 1. The van der Waals surface area contributed by atoms with Crippen LogP contribution in [-0.2, 0) is 0 Å². The number of benzene rings is 2. The molecule has 122 valence electrons. The largest absolute Gasteiger partial charge is 0.422 e. The molecule has 0 saturated carbocycles. The first-order valence-electron chi connectivity index (χ1n) is 8.03. The van der Waals surface area contributed by atoms with Gasteiger partial charge >= 0.3 is 5.63 Å². The van der Waals surface area contributed by atoms with E-state index < -0.39 is 5.63 Å². The summed E-state index contributed by atoms with van der Waals surface area (Å²) in [4.78, 5) is 24.8. The van der Waals surface area contributed by atoms with Crippen molar-refractivity contribution in [2.45, 2.75) is 19.4 Å². The Labute approximate surface area is 140 Å². The zero-order chi connectivity index (χ0) is 16.9. The van der Waals surface area contributed by atoms with Crippen molar-refractivity contribution >= 4 is 16.8 Å². The number of para-hydroxylation sites is 1. The molecule has 0 saturated heterocycles. The summed E-state index contributed by atoms with van der Waals surface area (Å²) in [5.41, 5.74) is 1.04. The average molecular weight is 321 g/mol. The number of rotatable bonds is 6. The minimum absolute atomic E-state index is 0.104. The summed E-state index contributed by atoms with van der Waals surface area (Å²) in [5.74, 6) is -0.218. The smallest absolute Gasteiger partial charge is 0.347 e. The Morgan fingerprint density at radius 1 is 1.08 bits per heavy atom. The van der Waals surface area contributed by atoms with Gasteiger partial charge < -0.3 is 9.73 Å². The molecule has 0 aliphatic heterocycles. The standard InChI is InChI=1S/C20H19NO3/c1-2-21-17(14-8-4-3-5-9-14)13-18(22)16-12-15-10-6-7-11-19(15)24-20(16)23/h3-12,17,21H,2,13H2,1H3/t17-/m1/s1. The maximum Gasteiger partial charge on any atom is 0.347 e. The van der Waals surface area contributed by atoms with Gasteiger partial charge in [0.25, 0.3) is 0 Å². The lowest BCUT2D eigenvalue weighted by molar-refractivity contribution is 0.0965. The molecular formula is C20H19NO3. The lowest BCUT2D eigenvalue weighted by Crippen LogP contribution is -2.25. The summed E-state index contributed by atoms with van der Waals surface area (Å²) in [5, 5.41) is 4.05. The second kappa shape index (κ2) is 7.23. The minimum atomic E-state index is -0.581. The molecule has 0 fully saturated rings. The number of Topliss-reactive ketones (excluding diaryl/α,β-unsaturated/α-hetero) is 1. The zero-order valence-corrected chi connectivity index (χ0v) is 13.5. The van der Waals surface area contributed by atoms with Crippen molar-refractivity contribution in [2.75, 3.05) is 6.54 Å². The molecule has 0 aliphatic carbocycles. The fourth-order valence-electron chi connectivity index (χ4n) is 2.79. The first-order valence-corrected chi connectivity index (χ1v) is 8.03. The normalized spacial score (nSPS) is 12.2. The molecule has 1 heterocycles. The highest BCUT2D eigenvalue weighted by Crippen LogP contribution is 2.20. The molecular weight excluding hydrogens is 302 g/mol. The van der Waals surface area contributed by atoms with Gasteiger partial charge in [-0.15, -0.1) is 0 Å². The molecule has 3 aromatic rings. The van der Waals surface area contributed by atoms with Crippen LogP contribution in [0.4, 0.5) is 0 Å². The summed E-state index contributed by atoms with van der Waals surface area (Å²) in [7, 11) is 0. The molecule has 1 N–H and O–H groups in total. The first kappa shape index (κ1) is 16.1. The van der Waals surface area contributed by atoms with Crippen LogP contribution in [0.15, 0.2) is 69.9 Å². The predicted molar refractivity (Wildman–Crippen MR) is 94.3 cm³/mol. The van der Waals surface area contributed by atoms with Crippen LogP contribution in [0.5, 0.6) is 0 Å². The lowest BCUT2D eigenvalue weighted by Gasteiger charge is -2.17. The highest BCUT2D eigenvalue weighted by Gasteiger charge is 2.19. The van der Waals surface area contributed by atoms with Gasteiger partial charge in [0.05, 0.1) is 0 Å². The molecule has 0 unspecified atom stereocenters. The maximum atomic E-state index is 12.7. The zero-order valence-electron chi connectivity index (χ0n) is 13.5. The van der Waals surface area contributed by atoms with Gasteiger partial charge in [-0.1, -0.05) is 55.5 Å². The molecule has 1 atom stereocenters. The van der Waals surface area contributed by atoms with Crippen molar-refractivity contribution in [1.29, 1.82) is 0 Å². The summed E-state index contributed by atoms with van der Waals surface area (Å²) < 4.78 is 5.26. The van der Waals surface area contributed by atoms with E-state index in [-0.39, 0.29) is 23.8 Å². The van der Waals surface area contributed by atoms with Gasteiger partial charge in [-0.3, -0.25) is 4.79 Å². The van der Waals surface area contributed by atoms with E-state index in [0.29, 0.717) is 5.58 Å². The van der Waals surface area contributed by atoms with Crippen LogP contribution >= 0.6 is 0 Å². The van der Waals surface area contributed by atoms with Crippen molar-refractivity contribution in [1.82, 2.24) is 5.32 Å². The van der Waals surface area contributed by atoms with Gasteiger partial charge in [-0.25, -0.2) is 4.79 Å². The number of carbonyl (C=O) groups is 1. The Hall–Kier alpha value is -2.72. The van der Waals surface area contributed by atoms with Gasteiger partial charge in [0.2, 0.25) is 0 Å². The molecule has 24 heavy (non-hydrogen) atoms. The molecule has 0 amide bonds. The Balaban J connectivity index is 1.90.